The van der Waals surface area contributed by atoms with E-state index in [1.54, 1.807) is 6.20 Å². The summed E-state index contributed by atoms with van der Waals surface area (Å²) < 4.78 is 0. The Balaban J connectivity index is 1.56. The number of pyridine rings is 1. The Hall–Kier alpha value is -2.11. The number of amides is 2. The maximum absolute atomic E-state index is 12.3. The molecular weight excluding hydrogens is 256 g/mol. The van der Waals surface area contributed by atoms with Gasteiger partial charge in [-0.2, -0.15) is 0 Å². The maximum atomic E-state index is 12.3. The van der Waals surface area contributed by atoms with Gasteiger partial charge in [0.05, 0.1) is 0 Å². The molecule has 1 atom stereocenters. The number of nitrogens with one attached hydrogen (secondary N) is 1. The Kier molecular flexibility index (Phi) is 3.54. The summed E-state index contributed by atoms with van der Waals surface area (Å²) in [7, 11) is 0. The van der Waals surface area contributed by atoms with E-state index < -0.39 is 0 Å². The van der Waals surface area contributed by atoms with Crippen LogP contribution in [0.2, 0.25) is 0 Å². The van der Waals surface area contributed by atoms with Crippen LogP contribution in [-0.4, -0.2) is 53.9 Å². The number of aromatic nitrogens is 1. The van der Waals surface area contributed by atoms with Crippen LogP contribution >= 0.6 is 0 Å². The molecule has 0 radical (unpaired) electrons. The second kappa shape index (κ2) is 5.48. The molecule has 2 aliphatic rings. The lowest BCUT2D eigenvalue weighted by molar-refractivity contribution is -0.134. The molecule has 1 aromatic heterocycles. The molecule has 0 bridgehead atoms. The van der Waals surface area contributed by atoms with E-state index in [9.17, 15) is 9.59 Å². The molecule has 20 heavy (non-hydrogen) atoms. The predicted octanol–water partition coefficient (Wildman–Crippen LogP) is 0.00880. The third-order valence-electron chi connectivity index (χ3n) is 3.86. The summed E-state index contributed by atoms with van der Waals surface area (Å²) in [6, 6.07) is 5.53. The van der Waals surface area contributed by atoms with Crippen LogP contribution in [-0.2, 0) is 9.59 Å². The molecule has 6 nitrogen and oxygen atoms in total. The average molecular weight is 274 g/mol. The fraction of sp³-hybridized carbons (Fsp3) is 0.500. The summed E-state index contributed by atoms with van der Waals surface area (Å²) in [6.45, 7) is 2.93. The second-order valence-electron chi connectivity index (χ2n) is 5.16. The number of carbonyl (C=O) groups excluding carboxylic acids is 2. The fourth-order valence-corrected chi connectivity index (χ4v) is 2.72. The first-order chi connectivity index (χ1) is 9.74. The van der Waals surface area contributed by atoms with Gasteiger partial charge in [-0.05, 0) is 18.6 Å². The number of carbonyl (C=O) groups is 2. The molecule has 1 aromatic rings. The predicted molar refractivity (Wildman–Crippen MR) is 74.2 cm³/mol. The molecule has 0 spiro atoms. The van der Waals surface area contributed by atoms with Gasteiger partial charge in [0.1, 0.15) is 11.9 Å². The summed E-state index contributed by atoms with van der Waals surface area (Å²) in [5.74, 6) is 0.987. The van der Waals surface area contributed by atoms with Gasteiger partial charge < -0.3 is 15.1 Å². The van der Waals surface area contributed by atoms with Gasteiger partial charge in [-0.1, -0.05) is 6.07 Å². The zero-order valence-corrected chi connectivity index (χ0v) is 11.3. The summed E-state index contributed by atoms with van der Waals surface area (Å²) in [5.41, 5.74) is 0. The Morgan fingerprint density at radius 3 is 2.65 bits per heavy atom. The van der Waals surface area contributed by atoms with Crippen molar-refractivity contribution in [3.05, 3.63) is 24.4 Å². The summed E-state index contributed by atoms with van der Waals surface area (Å²) >= 11 is 0. The van der Waals surface area contributed by atoms with Crippen molar-refractivity contribution in [3.8, 4) is 0 Å². The van der Waals surface area contributed by atoms with Crippen molar-refractivity contribution in [2.24, 2.45) is 0 Å². The van der Waals surface area contributed by atoms with Crippen LogP contribution in [0.25, 0.3) is 0 Å². The highest BCUT2D eigenvalue weighted by Gasteiger charge is 2.32. The molecule has 6 heteroatoms. The third-order valence-corrected chi connectivity index (χ3v) is 3.86. The number of rotatable bonds is 2. The van der Waals surface area contributed by atoms with Crippen LogP contribution in [0, 0.1) is 0 Å². The highest BCUT2D eigenvalue weighted by Crippen LogP contribution is 2.15. The van der Waals surface area contributed by atoms with Gasteiger partial charge in [0.15, 0.2) is 0 Å². The van der Waals surface area contributed by atoms with Gasteiger partial charge in [0.25, 0.3) is 0 Å². The highest BCUT2D eigenvalue weighted by molar-refractivity contribution is 5.90. The first kappa shape index (κ1) is 12.9. The van der Waals surface area contributed by atoms with Crippen LogP contribution in [0.15, 0.2) is 24.4 Å². The van der Waals surface area contributed by atoms with Crippen LogP contribution in [0.1, 0.15) is 12.8 Å². The van der Waals surface area contributed by atoms with Gasteiger partial charge in [0, 0.05) is 38.8 Å². The second-order valence-corrected chi connectivity index (χ2v) is 5.16. The van der Waals surface area contributed by atoms with Crippen LogP contribution in [0.3, 0.4) is 0 Å². The van der Waals surface area contributed by atoms with Gasteiger partial charge in [-0.25, -0.2) is 4.98 Å². The topological polar surface area (TPSA) is 65.5 Å². The van der Waals surface area contributed by atoms with E-state index in [1.807, 2.05) is 23.1 Å². The Morgan fingerprint density at radius 1 is 1.25 bits per heavy atom. The molecule has 2 saturated heterocycles. The quantitative estimate of drug-likeness (QED) is 0.825. The number of anilines is 1. The van der Waals surface area contributed by atoms with Crippen LogP contribution < -0.4 is 10.2 Å². The minimum absolute atomic E-state index is 0.0181. The minimum Gasteiger partial charge on any atom is -0.353 e. The first-order valence-electron chi connectivity index (χ1n) is 6.98. The molecule has 2 amide bonds. The lowest BCUT2D eigenvalue weighted by Crippen LogP contribution is -2.53. The molecule has 0 saturated carbocycles. The van der Waals surface area contributed by atoms with Gasteiger partial charge in [-0.3, -0.25) is 9.59 Å². The lowest BCUT2D eigenvalue weighted by atomic mass is 10.2. The van der Waals surface area contributed by atoms with Gasteiger partial charge >= 0.3 is 0 Å². The summed E-state index contributed by atoms with van der Waals surface area (Å²) in [5, 5.41) is 2.74. The highest BCUT2D eigenvalue weighted by atomic mass is 16.2. The zero-order chi connectivity index (χ0) is 13.9. The largest absolute Gasteiger partial charge is 0.353 e. The third kappa shape index (κ3) is 2.59. The van der Waals surface area contributed by atoms with E-state index in [0.717, 1.165) is 18.9 Å². The summed E-state index contributed by atoms with van der Waals surface area (Å²) in [4.78, 5) is 31.8. The Bertz CT molecular complexity index is 497. The Morgan fingerprint density at radius 2 is 2.05 bits per heavy atom. The number of nitrogens with zero attached hydrogens (tertiary/aromatic N) is 3. The molecular formula is C14H18N4O2. The van der Waals surface area contributed by atoms with Crippen molar-refractivity contribution < 1.29 is 9.59 Å². The number of piperazine rings is 1. The SMILES string of the molecule is O=C1CCC(C(=O)N2CCN(c3ccccn3)CC2)N1. The van der Waals surface area contributed by atoms with Gasteiger partial charge in [-0.15, -0.1) is 0 Å². The number of hydrogen-bond acceptors (Lipinski definition) is 4. The van der Waals surface area contributed by atoms with Crippen molar-refractivity contribution >= 4 is 17.6 Å². The molecule has 0 aliphatic carbocycles. The standard InChI is InChI=1S/C14H18N4O2/c19-13-5-4-11(16-13)14(20)18-9-7-17(8-10-18)12-3-1-2-6-15-12/h1-3,6,11H,4-5,7-10H2,(H,16,19). The monoisotopic (exact) mass is 274 g/mol. The average Bonchev–Trinajstić information content (AvgIpc) is 2.94. The molecule has 3 heterocycles. The number of hydrogen-bond donors (Lipinski definition) is 1. The van der Waals surface area contributed by atoms with E-state index in [4.69, 9.17) is 0 Å². The van der Waals surface area contributed by atoms with Crippen molar-refractivity contribution in [2.45, 2.75) is 18.9 Å². The molecule has 0 aromatic carbocycles. The molecule has 1 N–H and O–H groups in total. The van der Waals surface area contributed by atoms with E-state index in [0.29, 0.717) is 25.9 Å². The van der Waals surface area contributed by atoms with Crippen LogP contribution in [0.4, 0.5) is 5.82 Å². The normalized spacial score (nSPS) is 22.8. The van der Waals surface area contributed by atoms with E-state index in [-0.39, 0.29) is 17.9 Å². The molecule has 106 valence electrons. The minimum atomic E-state index is -0.316. The van der Waals surface area contributed by atoms with Crippen LogP contribution in [0.5, 0.6) is 0 Å². The fourth-order valence-electron chi connectivity index (χ4n) is 2.72. The smallest absolute Gasteiger partial charge is 0.245 e. The van der Waals surface area contributed by atoms with E-state index >= 15 is 0 Å². The lowest BCUT2D eigenvalue weighted by Gasteiger charge is -2.36. The molecule has 2 fully saturated rings. The van der Waals surface area contributed by atoms with E-state index in [1.165, 1.54) is 0 Å². The molecule has 2 aliphatic heterocycles. The van der Waals surface area contributed by atoms with Crippen molar-refractivity contribution in [1.29, 1.82) is 0 Å². The summed E-state index contributed by atoms with van der Waals surface area (Å²) in [6.07, 6.45) is 2.86. The van der Waals surface area contributed by atoms with Gasteiger partial charge in [0.2, 0.25) is 11.8 Å². The zero-order valence-electron chi connectivity index (χ0n) is 11.3. The molecule has 1 unspecified atom stereocenters. The van der Waals surface area contributed by atoms with Crippen molar-refractivity contribution in [1.82, 2.24) is 15.2 Å². The molecule has 3 rings (SSSR count). The van der Waals surface area contributed by atoms with Crippen molar-refractivity contribution in [2.75, 3.05) is 31.1 Å². The Labute approximate surface area is 117 Å². The van der Waals surface area contributed by atoms with Crippen molar-refractivity contribution in [3.63, 3.8) is 0 Å². The van der Waals surface area contributed by atoms with E-state index in [2.05, 4.69) is 15.2 Å². The first-order valence-corrected chi connectivity index (χ1v) is 6.98. The maximum Gasteiger partial charge on any atom is 0.245 e.